The number of carbonyl (C=O) groups excluding carboxylic acids is 2. The van der Waals surface area contributed by atoms with Crippen molar-refractivity contribution in [2.24, 2.45) is 0 Å². The molecule has 0 aromatic heterocycles. The molecule has 0 rings (SSSR count). The maximum absolute atomic E-state index is 12.0. The Morgan fingerprint density at radius 1 is 1.07 bits per heavy atom. The van der Waals surface area contributed by atoms with Crippen LogP contribution in [0.4, 0.5) is 0 Å². The third kappa shape index (κ3) is 17.5. The number of unbranched alkanes of at least 4 members (excludes halogenated alkanes) is 3. The molecule has 0 spiro atoms. The van der Waals surface area contributed by atoms with Gasteiger partial charge in [-0.2, -0.15) is 0 Å². The third-order valence-corrected chi connectivity index (χ3v) is 3.83. The van der Waals surface area contributed by atoms with Crippen LogP contribution >= 0.6 is 0 Å². The minimum Gasteiger partial charge on any atom is -0.550 e. The van der Waals surface area contributed by atoms with Crippen LogP contribution in [-0.2, 0) is 14.3 Å². The summed E-state index contributed by atoms with van der Waals surface area (Å²) in [5, 5.41) is 20.8. The van der Waals surface area contributed by atoms with Gasteiger partial charge in [0.1, 0.15) is 6.54 Å². The minimum atomic E-state index is -1.26. The Balaban J connectivity index is 4.16. The molecular formula is C21H37NO5. The SMILES string of the molecule is CCCCC/C=C\C/C=C\CC(O)CC(=O)OC(CC(=O)[O-])C[N+](C)(C)C. The van der Waals surface area contributed by atoms with Gasteiger partial charge in [0.15, 0.2) is 6.10 Å². The Morgan fingerprint density at radius 2 is 1.74 bits per heavy atom. The lowest BCUT2D eigenvalue weighted by molar-refractivity contribution is -0.873. The van der Waals surface area contributed by atoms with Gasteiger partial charge in [0, 0.05) is 12.4 Å². The van der Waals surface area contributed by atoms with Crippen molar-refractivity contribution in [2.45, 2.75) is 70.5 Å². The van der Waals surface area contributed by atoms with E-state index in [-0.39, 0.29) is 12.8 Å². The number of aliphatic carboxylic acids is 1. The minimum absolute atomic E-state index is 0.155. The van der Waals surface area contributed by atoms with E-state index in [0.29, 0.717) is 17.4 Å². The van der Waals surface area contributed by atoms with Crippen LogP contribution in [-0.4, -0.2) is 61.4 Å². The fraction of sp³-hybridized carbons (Fsp3) is 0.714. The van der Waals surface area contributed by atoms with Crippen molar-refractivity contribution in [3.05, 3.63) is 24.3 Å². The third-order valence-electron chi connectivity index (χ3n) is 3.83. The number of aliphatic hydroxyl groups excluding tert-OH is 1. The van der Waals surface area contributed by atoms with E-state index >= 15 is 0 Å². The number of quaternary nitrogens is 1. The van der Waals surface area contributed by atoms with Crippen molar-refractivity contribution in [1.82, 2.24) is 0 Å². The summed E-state index contributed by atoms with van der Waals surface area (Å²) in [5.41, 5.74) is 0. The number of aliphatic hydroxyl groups is 1. The first kappa shape index (κ1) is 25.3. The lowest BCUT2D eigenvalue weighted by Gasteiger charge is -2.29. The molecule has 1 N–H and O–H groups in total. The standard InChI is InChI=1S/C21H37NO5/c1-5-6-7-8-9-10-11-12-13-14-18(23)15-21(26)27-19(16-20(24)25)17-22(2,3)4/h9-10,12-13,18-19,23H,5-8,11,14-17H2,1-4H3/b10-9-,13-12-. The summed E-state index contributed by atoms with van der Waals surface area (Å²) < 4.78 is 5.69. The van der Waals surface area contributed by atoms with Gasteiger partial charge in [-0.05, 0) is 25.7 Å². The first-order chi connectivity index (χ1) is 12.6. The van der Waals surface area contributed by atoms with Crippen LogP contribution in [0.15, 0.2) is 24.3 Å². The zero-order valence-corrected chi connectivity index (χ0v) is 17.4. The topological polar surface area (TPSA) is 86.7 Å². The van der Waals surface area contributed by atoms with Crippen molar-refractivity contribution >= 4 is 11.9 Å². The second-order valence-corrected chi connectivity index (χ2v) is 7.93. The van der Waals surface area contributed by atoms with Gasteiger partial charge in [0.05, 0.1) is 33.7 Å². The van der Waals surface area contributed by atoms with E-state index in [2.05, 4.69) is 19.1 Å². The predicted octanol–water partition coefficient (Wildman–Crippen LogP) is 1.97. The van der Waals surface area contributed by atoms with Crippen LogP contribution in [0.25, 0.3) is 0 Å². The monoisotopic (exact) mass is 383 g/mol. The van der Waals surface area contributed by atoms with E-state index in [4.69, 9.17) is 4.74 Å². The first-order valence-corrected chi connectivity index (χ1v) is 9.82. The zero-order valence-electron chi connectivity index (χ0n) is 17.4. The van der Waals surface area contributed by atoms with Gasteiger partial charge < -0.3 is 24.2 Å². The number of likely N-dealkylation sites (N-methyl/N-ethyl adjacent to an activating group) is 1. The molecule has 0 saturated carbocycles. The molecule has 0 aliphatic carbocycles. The number of carboxylic acids is 1. The Labute approximate surface area is 164 Å². The van der Waals surface area contributed by atoms with Crippen molar-refractivity contribution in [3.63, 3.8) is 0 Å². The molecule has 0 bridgehead atoms. The smallest absolute Gasteiger partial charge is 0.308 e. The van der Waals surface area contributed by atoms with E-state index in [1.54, 1.807) is 0 Å². The number of rotatable bonds is 15. The maximum Gasteiger partial charge on any atom is 0.308 e. The van der Waals surface area contributed by atoms with E-state index in [9.17, 15) is 19.8 Å². The first-order valence-electron chi connectivity index (χ1n) is 9.82. The van der Waals surface area contributed by atoms with Crippen molar-refractivity contribution in [2.75, 3.05) is 27.7 Å². The summed E-state index contributed by atoms with van der Waals surface area (Å²) in [5.74, 6) is -1.85. The van der Waals surface area contributed by atoms with Gasteiger partial charge >= 0.3 is 5.97 Å². The summed E-state index contributed by atoms with van der Waals surface area (Å²) in [6, 6.07) is 0. The van der Waals surface area contributed by atoms with Gasteiger partial charge in [-0.25, -0.2) is 0 Å². The quantitative estimate of drug-likeness (QED) is 0.202. The van der Waals surface area contributed by atoms with Crippen LogP contribution in [0.1, 0.15) is 58.3 Å². The van der Waals surface area contributed by atoms with Gasteiger partial charge in [-0.3, -0.25) is 4.79 Å². The number of carboxylic acid groups (broad SMARTS) is 1. The lowest BCUT2D eigenvalue weighted by atomic mass is 10.1. The molecule has 0 aromatic carbocycles. The second kappa shape index (κ2) is 14.4. The number of esters is 1. The van der Waals surface area contributed by atoms with E-state index in [0.717, 1.165) is 12.8 Å². The number of nitrogens with zero attached hydrogens (tertiary/aromatic N) is 1. The Bertz CT molecular complexity index is 479. The molecule has 0 aliphatic heterocycles. The molecule has 156 valence electrons. The Hall–Kier alpha value is -1.66. The largest absolute Gasteiger partial charge is 0.550 e. The molecule has 6 heteroatoms. The van der Waals surface area contributed by atoms with E-state index < -0.39 is 24.1 Å². The fourth-order valence-electron chi connectivity index (χ4n) is 2.60. The molecule has 0 heterocycles. The number of hydrogen-bond donors (Lipinski definition) is 1. The van der Waals surface area contributed by atoms with Crippen LogP contribution in [0.3, 0.4) is 0 Å². The average Bonchev–Trinajstić information content (AvgIpc) is 2.50. The molecule has 2 unspecified atom stereocenters. The highest BCUT2D eigenvalue weighted by molar-refractivity contribution is 5.71. The summed E-state index contributed by atoms with van der Waals surface area (Å²) >= 11 is 0. The van der Waals surface area contributed by atoms with Crippen LogP contribution in [0.5, 0.6) is 0 Å². The lowest BCUT2D eigenvalue weighted by Crippen LogP contribution is -2.45. The molecule has 0 fully saturated rings. The Kier molecular flexibility index (Phi) is 13.5. The Morgan fingerprint density at radius 3 is 2.33 bits per heavy atom. The normalized spacial score (nSPS) is 14.6. The average molecular weight is 384 g/mol. The van der Waals surface area contributed by atoms with Crippen LogP contribution < -0.4 is 5.11 Å². The van der Waals surface area contributed by atoms with E-state index in [1.807, 2.05) is 33.3 Å². The molecule has 2 atom stereocenters. The maximum atomic E-state index is 12.0. The van der Waals surface area contributed by atoms with Crippen LogP contribution in [0, 0.1) is 0 Å². The number of carbonyl (C=O) groups is 2. The van der Waals surface area contributed by atoms with E-state index in [1.165, 1.54) is 19.3 Å². The van der Waals surface area contributed by atoms with Gasteiger partial charge in [-0.1, -0.05) is 44.1 Å². The predicted molar refractivity (Wildman–Crippen MR) is 105 cm³/mol. The van der Waals surface area contributed by atoms with Crippen molar-refractivity contribution < 1.29 is 29.0 Å². The van der Waals surface area contributed by atoms with Crippen molar-refractivity contribution in [3.8, 4) is 0 Å². The summed E-state index contributed by atoms with van der Waals surface area (Å²) in [7, 11) is 5.65. The molecule has 0 saturated heterocycles. The summed E-state index contributed by atoms with van der Waals surface area (Å²) in [4.78, 5) is 22.8. The molecule has 27 heavy (non-hydrogen) atoms. The second-order valence-electron chi connectivity index (χ2n) is 7.93. The molecule has 0 aromatic rings. The van der Waals surface area contributed by atoms with Gasteiger partial charge in [0.2, 0.25) is 0 Å². The highest BCUT2D eigenvalue weighted by atomic mass is 16.5. The zero-order chi connectivity index (χ0) is 20.7. The fourth-order valence-corrected chi connectivity index (χ4v) is 2.60. The highest BCUT2D eigenvalue weighted by Gasteiger charge is 2.23. The number of ether oxygens (including phenoxy) is 1. The molecule has 0 radical (unpaired) electrons. The van der Waals surface area contributed by atoms with Gasteiger partial charge in [0.25, 0.3) is 0 Å². The van der Waals surface area contributed by atoms with Gasteiger partial charge in [-0.15, -0.1) is 0 Å². The number of hydrogen-bond acceptors (Lipinski definition) is 5. The van der Waals surface area contributed by atoms with Crippen LogP contribution in [0.2, 0.25) is 0 Å². The molecule has 0 aliphatic rings. The summed E-state index contributed by atoms with van der Waals surface area (Å²) in [6.45, 7) is 2.54. The summed E-state index contributed by atoms with van der Waals surface area (Å²) in [6.07, 6.45) is 11.9. The highest BCUT2D eigenvalue weighted by Crippen LogP contribution is 2.09. The molecular weight excluding hydrogens is 346 g/mol. The molecule has 0 amide bonds. The molecule has 6 nitrogen and oxygen atoms in total. The number of allylic oxidation sites excluding steroid dienone is 3. The van der Waals surface area contributed by atoms with Crippen molar-refractivity contribution in [1.29, 1.82) is 0 Å².